The SMILES string of the molecule is COc1ccc(OC)c(C=Nn2c(-c3ccco3)csc2=Nc2cccnc2)c1. The van der Waals surface area contributed by atoms with Gasteiger partial charge in [-0.1, -0.05) is 0 Å². The standard InChI is InChI=1S/C21H18N4O3S/c1-26-17-7-8-19(27-2)15(11-17)12-23-25-18(20-6-4-10-28-20)14-29-21(25)24-16-5-3-9-22-13-16/h3-14H,1-2H3. The fourth-order valence-electron chi connectivity index (χ4n) is 2.67. The van der Waals surface area contributed by atoms with Gasteiger partial charge in [0.15, 0.2) is 5.76 Å². The molecule has 7 nitrogen and oxygen atoms in total. The smallest absolute Gasteiger partial charge is 0.211 e. The lowest BCUT2D eigenvalue weighted by Crippen LogP contribution is -2.11. The molecule has 0 unspecified atom stereocenters. The Hall–Kier alpha value is -3.65. The van der Waals surface area contributed by atoms with Gasteiger partial charge in [-0.25, -0.2) is 9.67 Å². The number of hydrogen-bond acceptors (Lipinski definition) is 7. The average molecular weight is 406 g/mol. The number of methoxy groups -OCH3 is 2. The van der Waals surface area contributed by atoms with Gasteiger partial charge in [-0.2, -0.15) is 5.10 Å². The van der Waals surface area contributed by atoms with E-state index in [1.165, 1.54) is 11.3 Å². The summed E-state index contributed by atoms with van der Waals surface area (Å²) in [6, 6.07) is 13.0. The largest absolute Gasteiger partial charge is 0.497 e. The van der Waals surface area contributed by atoms with Crippen LogP contribution in [0.3, 0.4) is 0 Å². The van der Waals surface area contributed by atoms with E-state index in [4.69, 9.17) is 13.9 Å². The highest BCUT2D eigenvalue weighted by atomic mass is 32.1. The van der Waals surface area contributed by atoms with E-state index in [9.17, 15) is 0 Å². The number of hydrogen-bond donors (Lipinski definition) is 0. The second-order valence-corrected chi connectivity index (χ2v) is 6.70. The normalized spacial score (nSPS) is 11.9. The van der Waals surface area contributed by atoms with E-state index in [0.717, 1.165) is 16.9 Å². The second kappa shape index (κ2) is 8.57. The van der Waals surface area contributed by atoms with Crippen molar-refractivity contribution >= 4 is 23.2 Å². The molecule has 8 heteroatoms. The first kappa shape index (κ1) is 18.7. The van der Waals surface area contributed by atoms with Gasteiger partial charge in [0.05, 0.1) is 38.6 Å². The summed E-state index contributed by atoms with van der Waals surface area (Å²) in [5.74, 6) is 2.11. The molecule has 0 radical (unpaired) electrons. The van der Waals surface area contributed by atoms with Crippen LogP contribution in [0.5, 0.6) is 11.5 Å². The van der Waals surface area contributed by atoms with Crippen molar-refractivity contribution in [2.24, 2.45) is 10.1 Å². The predicted molar refractivity (Wildman–Crippen MR) is 112 cm³/mol. The molecule has 0 N–H and O–H groups in total. The fourth-order valence-corrected chi connectivity index (χ4v) is 3.51. The van der Waals surface area contributed by atoms with Crippen LogP contribution in [0.15, 0.2) is 81.0 Å². The van der Waals surface area contributed by atoms with Crippen molar-refractivity contribution in [3.63, 3.8) is 0 Å². The molecule has 3 heterocycles. The molecule has 0 aliphatic rings. The van der Waals surface area contributed by atoms with E-state index in [0.29, 0.717) is 22.1 Å². The quantitative estimate of drug-likeness (QED) is 0.447. The lowest BCUT2D eigenvalue weighted by Gasteiger charge is -2.07. The van der Waals surface area contributed by atoms with E-state index < -0.39 is 0 Å². The highest BCUT2D eigenvalue weighted by Crippen LogP contribution is 2.24. The summed E-state index contributed by atoms with van der Waals surface area (Å²) >= 11 is 1.46. The van der Waals surface area contributed by atoms with Gasteiger partial charge >= 0.3 is 0 Å². The maximum Gasteiger partial charge on any atom is 0.211 e. The molecule has 0 spiro atoms. The third kappa shape index (κ3) is 4.12. The molecule has 29 heavy (non-hydrogen) atoms. The molecule has 0 aliphatic carbocycles. The van der Waals surface area contributed by atoms with Gasteiger partial charge in [-0.05, 0) is 42.5 Å². The van der Waals surface area contributed by atoms with Crippen molar-refractivity contribution in [3.05, 3.63) is 76.9 Å². The van der Waals surface area contributed by atoms with E-state index >= 15 is 0 Å². The molecular weight excluding hydrogens is 388 g/mol. The van der Waals surface area contributed by atoms with Crippen LogP contribution in [0.25, 0.3) is 11.5 Å². The molecule has 4 rings (SSSR count). The Bertz CT molecular complexity index is 1180. The second-order valence-electron chi connectivity index (χ2n) is 5.87. The van der Waals surface area contributed by atoms with Crippen molar-refractivity contribution in [1.29, 1.82) is 0 Å². The third-order valence-corrected chi connectivity index (χ3v) is 4.89. The summed E-state index contributed by atoms with van der Waals surface area (Å²) in [4.78, 5) is 9.47. The summed E-state index contributed by atoms with van der Waals surface area (Å²) in [5.41, 5.74) is 2.31. The minimum atomic E-state index is 0.683. The van der Waals surface area contributed by atoms with Crippen molar-refractivity contribution in [1.82, 2.24) is 9.66 Å². The number of pyridine rings is 1. The zero-order valence-electron chi connectivity index (χ0n) is 15.9. The van der Waals surface area contributed by atoms with Crippen LogP contribution in [-0.4, -0.2) is 30.1 Å². The Balaban J connectivity index is 1.83. The Kier molecular flexibility index (Phi) is 5.53. The van der Waals surface area contributed by atoms with Crippen LogP contribution in [0.1, 0.15) is 5.56 Å². The summed E-state index contributed by atoms with van der Waals surface area (Å²) < 4.78 is 18.1. The average Bonchev–Trinajstić information content (AvgIpc) is 3.42. The first-order valence-electron chi connectivity index (χ1n) is 8.74. The van der Waals surface area contributed by atoms with Gasteiger partial charge in [-0.15, -0.1) is 11.3 Å². The monoisotopic (exact) mass is 406 g/mol. The van der Waals surface area contributed by atoms with E-state index in [1.807, 2.05) is 47.8 Å². The van der Waals surface area contributed by atoms with Gasteiger partial charge in [-0.3, -0.25) is 4.98 Å². The molecule has 3 aromatic heterocycles. The van der Waals surface area contributed by atoms with E-state index in [1.54, 1.807) is 43.8 Å². The molecule has 1 aromatic carbocycles. The van der Waals surface area contributed by atoms with Crippen molar-refractivity contribution < 1.29 is 13.9 Å². The molecule has 0 fully saturated rings. The van der Waals surface area contributed by atoms with Gasteiger partial charge in [0.2, 0.25) is 4.80 Å². The third-order valence-electron chi connectivity index (χ3n) is 4.08. The van der Waals surface area contributed by atoms with Crippen LogP contribution in [0.2, 0.25) is 0 Å². The molecule has 0 aliphatic heterocycles. The maximum absolute atomic E-state index is 5.57. The Morgan fingerprint density at radius 2 is 2.07 bits per heavy atom. The topological polar surface area (TPSA) is 74.1 Å². The first-order valence-corrected chi connectivity index (χ1v) is 9.62. The number of rotatable bonds is 6. The van der Waals surface area contributed by atoms with Gasteiger partial charge in [0, 0.05) is 17.1 Å². The summed E-state index contributed by atoms with van der Waals surface area (Å²) in [5, 5.41) is 6.62. The number of thiazole rings is 1. The minimum absolute atomic E-state index is 0.683. The van der Waals surface area contributed by atoms with Crippen LogP contribution in [0, 0.1) is 0 Å². The van der Waals surface area contributed by atoms with Crippen molar-refractivity contribution in [2.45, 2.75) is 0 Å². The van der Waals surface area contributed by atoms with Crippen molar-refractivity contribution in [3.8, 4) is 23.0 Å². The number of ether oxygens (including phenoxy) is 2. The fraction of sp³-hybridized carbons (Fsp3) is 0.0952. The van der Waals surface area contributed by atoms with Gasteiger partial charge in [0.1, 0.15) is 17.2 Å². The van der Waals surface area contributed by atoms with Crippen LogP contribution in [0.4, 0.5) is 5.69 Å². The number of furan rings is 1. The molecule has 0 atom stereocenters. The Labute approximate surface area is 171 Å². The molecule has 0 saturated heterocycles. The molecule has 0 saturated carbocycles. The minimum Gasteiger partial charge on any atom is -0.497 e. The highest BCUT2D eigenvalue weighted by molar-refractivity contribution is 7.07. The number of nitrogens with zero attached hydrogens (tertiary/aromatic N) is 4. The molecular formula is C21H18N4O3S. The first-order chi connectivity index (χ1) is 14.3. The molecule has 146 valence electrons. The van der Waals surface area contributed by atoms with Crippen LogP contribution < -0.4 is 14.3 Å². The van der Waals surface area contributed by atoms with Gasteiger partial charge in [0.25, 0.3) is 0 Å². The van der Waals surface area contributed by atoms with Crippen LogP contribution in [-0.2, 0) is 0 Å². The summed E-state index contributed by atoms with van der Waals surface area (Å²) in [7, 11) is 3.24. The Morgan fingerprint density at radius 3 is 2.79 bits per heavy atom. The zero-order valence-corrected chi connectivity index (χ0v) is 16.7. The zero-order chi connectivity index (χ0) is 20.1. The summed E-state index contributed by atoms with van der Waals surface area (Å²) in [6.07, 6.45) is 6.75. The van der Waals surface area contributed by atoms with E-state index in [-0.39, 0.29) is 0 Å². The molecule has 0 bridgehead atoms. The predicted octanol–water partition coefficient (Wildman–Crippen LogP) is 4.34. The van der Waals surface area contributed by atoms with E-state index in [2.05, 4.69) is 15.1 Å². The maximum atomic E-state index is 5.57. The van der Waals surface area contributed by atoms with Crippen LogP contribution >= 0.6 is 11.3 Å². The van der Waals surface area contributed by atoms with Crippen molar-refractivity contribution in [2.75, 3.05) is 14.2 Å². The molecule has 4 aromatic rings. The lowest BCUT2D eigenvalue weighted by atomic mass is 10.2. The molecule has 0 amide bonds. The number of benzene rings is 1. The number of aromatic nitrogens is 2. The Morgan fingerprint density at radius 1 is 1.14 bits per heavy atom. The van der Waals surface area contributed by atoms with Gasteiger partial charge < -0.3 is 13.9 Å². The lowest BCUT2D eigenvalue weighted by molar-refractivity contribution is 0.402. The highest BCUT2D eigenvalue weighted by Gasteiger charge is 2.11. The summed E-state index contributed by atoms with van der Waals surface area (Å²) in [6.45, 7) is 0.